The van der Waals surface area contributed by atoms with Crippen LogP contribution in [0, 0.1) is 0 Å². The highest BCUT2D eigenvalue weighted by atomic mass is 32.1. The van der Waals surface area contributed by atoms with Crippen LogP contribution in [0.2, 0.25) is 0 Å². The van der Waals surface area contributed by atoms with E-state index in [2.05, 4.69) is 10.8 Å². The maximum absolute atomic E-state index is 12.8. The van der Waals surface area contributed by atoms with Crippen molar-refractivity contribution in [2.24, 2.45) is 0 Å². The first kappa shape index (κ1) is 20.0. The van der Waals surface area contributed by atoms with Crippen molar-refractivity contribution >= 4 is 44.8 Å². The molecule has 0 saturated carbocycles. The van der Waals surface area contributed by atoms with E-state index in [1.54, 1.807) is 13.0 Å². The van der Waals surface area contributed by atoms with Crippen LogP contribution in [0.25, 0.3) is 15.8 Å². The molecule has 0 radical (unpaired) electrons. The topological polar surface area (TPSA) is 105 Å². The molecule has 3 rings (SSSR count). The molecule has 0 saturated heterocycles. The summed E-state index contributed by atoms with van der Waals surface area (Å²) in [5.74, 6) is -3.02. The predicted octanol–water partition coefficient (Wildman–Crippen LogP) is 2.42. The number of nitrogens with one attached hydrogen (secondary N) is 2. The number of Topliss-reactive ketones (excluding diaryl/α,β-unsaturated/α-hetero) is 1. The summed E-state index contributed by atoms with van der Waals surface area (Å²) < 4.78 is 13.8. The predicted molar refractivity (Wildman–Crippen MR) is 102 cm³/mol. The molecular weight excluding hydrogens is 387 g/mol. The summed E-state index contributed by atoms with van der Waals surface area (Å²) in [6.07, 6.45) is 1.13. The van der Waals surface area contributed by atoms with Crippen LogP contribution in [0.1, 0.15) is 24.6 Å². The van der Waals surface area contributed by atoms with Gasteiger partial charge in [-0.15, -0.1) is 11.3 Å². The second-order valence-corrected chi connectivity index (χ2v) is 7.46. The molecule has 9 heteroatoms. The summed E-state index contributed by atoms with van der Waals surface area (Å²) >= 11 is 1.52. The van der Waals surface area contributed by atoms with Gasteiger partial charge in [0.1, 0.15) is 12.7 Å². The van der Waals surface area contributed by atoms with Gasteiger partial charge in [0.15, 0.2) is 11.4 Å². The SMILES string of the molecule is CCC1(C(=O)NC(CC(=O)O)C(=O)CF)C=C(c2cc3ccccc3s2)NO1. The molecule has 1 amide bonds. The maximum Gasteiger partial charge on any atom is 0.305 e. The van der Waals surface area contributed by atoms with Crippen LogP contribution in [-0.4, -0.2) is 41.1 Å². The van der Waals surface area contributed by atoms with E-state index in [4.69, 9.17) is 9.94 Å². The molecule has 0 spiro atoms. The van der Waals surface area contributed by atoms with E-state index in [1.807, 2.05) is 30.3 Å². The molecule has 2 heterocycles. The zero-order valence-electron chi connectivity index (χ0n) is 15.0. The van der Waals surface area contributed by atoms with Gasteiger partial charge in [0.2, 0.25) is 0 Å². The largest absolute Gasteiger partial charge is 0.481 e. The van der Waals surface area contributed by atoms with Crippen molar-refractivity contribution in [2.45, 2.75) is 31.4 Å². The molecule has 0 aliphatic carbocycles. The number of fused-ring (bicyclic) bond motifs is 1. The molecule has 148 valence electrons. The van der Waals surface area contributed by atoms with Gasteiger partial charge in [-0.25, -0.2) is 4.39 Å². The van der Waals surface area contributed by atoms with Gasteiger partial charge in [0.25, 0.3) is 5.91 Å². The normalized spacial score (nSPS) is 19.7. The summed E-state index contributed by atoms with van der Waals surface area (Å²) in [5, 5.41) is 12.3. The number of ketones is 1. The van der Waals surface area contributed by atoms with Crippen molar-refractivity contribution in [3.63, 3.8) is 0 Å². The van der Waals surface area contributed by atoms with Crippen molar-refractivity contribution in [3.05, 3.63) is 41.3 Å². The number of carbonyl (C=O) groups excluding carboxylic acids is 2. The number of hydroxylamine groups is 1. The average molecular weight is 406 g/mol. The van der Waals surface area contributed by atoms with E-state index >= 15 is 0 Å². The van der Waals surface area contributed by atoms with E-state index < -0.39 is 42.4 Å². The molecule has 28 heavy (non-hydrogen) atoms. The third-order valence-electron chi connectivity index (χ3n) is 4.53. The highest BCUT2D eigenvalue weighted by Crippen LogP contribution is 2.35. The Morgan fingerprint density at radius 2 is 2.11 bits per heavy atom. The first-order chi connectivity index (χ1) is 13.4. The highest BCUT2D eigenvalue weighted by Gasteiger charge is 2.43. The molecule has 1 aromatic carbocycles. The molecule has 1 aliphatic rings. The average Bonchev–Trinajstić information content (AvgIpc) is 3.31. The van der Waals surface area contributed by atoms with Crippen LogP contribution in [0.4, 0.5) is 4.39 Å². The first-order valence-electron chi connectivity index (χ1n) is 8.66. The Morgan fingerprint density at radius 3 is 2.75 bits per heavy atom. The van der Waals surface area contributed by atoms with Crippen molar-refractivity contribution in [2.75, 3.05) is 6.67 Å². The lowest BCUT2D eigenvalue weighted by atomic mass is 9.97. The lowest BCUT2D eigenvalue weighted by Crippen LogP contribution is -2.53. The molecular formula is C19H19FN2O5S. The zero-order chi connectivity index (χ0) is 20.3. The lowest BCUT2D eigenvalue weighted by Gasteiger charge is -2.25. The van der Waals surface area contributed by atoms with Crippen LogP contribution >= 0.6 is 11.3 Å². The summed E-state index contributed by atoms with van der Waals surface area (Å²) in [7, 11) is 0. The molecule has 1 aliphatic heterocycles. The number of carbonyl (C=O) groups is 3. The van der Waals surface area contributed by atoms with Gasteiger partial charge in [-0.05, 0) is 30.0 Å². The second-order valence-electron chi connectivity index (χ2n) is 6.38. The van der Waals surface area contributed by atoms with Crippen LogP contribution in [-0.2, 0) is 19.2 Å². The van der Waals surface area contributed by atoms with Gasteiger partial charge in [-0.3, -0.25) is 24.7 Å². The Balaban J connectivity index is 1.85. The van der Waals surface area contributed by atoms with E-state index in [1.165, 1.54) is 11.3 Å². The molecule has 0 fully saturated rings. The van der Waals surface area contributed by atoms with E-state index in [-0.39, 0.29) is 6.42 Å². The number of carboxylic acids is 1. The number of benzene rings is 1. The summed E-state index contributed by atoms with van der Waals surface area (Å²) in [6.45, 7) is 0.355. The van der Waals surface area contributed by atoms with Crippen LogP contribution in [0.15, 0.2) is 36.4 Å². The third-order valence-corrected chi connectivity index (χ3v) is 5.67. The van der Waals surface area contributed by atoms with Crippen LogP contribution in [0.5, 0.6) is 0 Å². The standard InChI is InChI=1S/C19H19FN2O5S/c1-2-19(18(26)21-12(8-17(24)25)14(23)10-20)9-13(22-27-19)16-7-11-5-3-4-6-15(11)28-16/h3-7,9,12,22H,2,8,10H2,1H3,(H,21,26)(H,24,25). The first-order valence-corrected chi connectivity index (χ1v) is 9.47. The summed E-state index contributed by atoms with van der Waals surface area (Å²) in [5.41, 5.74) is 1.92. The zero-order valence-corrected chi connectivity index (χ0v) is 15.8. The number of halogens is 1. The highest BCUT2D eigenvalue weighted by molar-refractivity contribution is 7.20. The Kier molecular flexibility index (Phi) is 5.76. The van der Waals surface area contributed by atoms with Gasteiger partial charge in [-0.2, -0.15) is 0 Å². The van der Waals surface area contributed by atoms with Crippen LogP contribution in [0.3, 0.4) is 0 Å². The number of carboxylic acid groups (broad SMARTS) is 1. The number of rotatable bonds is 8. The quantitative estimate of drug-likeness (QED) is 0.622. The summed E-state index contributed by atoms with van der Waals surface area (Å²) in [4.78, 5) is 41.8. The van der Waals surface area contributed by atoms with Crippen molar-refractivity contribution in [1.82, 2.24) is 10.8 Å². The molecule has 2 unspecified atom stereocenters. The van der Waals surface area contributed by atoms with E-state index in [0.717, 1.165) is 15.0 Å². The van der Waals surface area contributed by atoms with Gasteiger partial charge < -0.3 is 10.4 Å². The van der Waals surface area contributed by atoms with Crippen LogP contribution < -0.4 is 10.8 Å². The minimum absolute atomic E-state index is 0.226. The Bertz CT molecular complexity index is 924. The number of amides is 1. The molecule has 2 aromatic rings. The smallest absolute Gasteiger partial charge is 0.305 e. The fraction of sp³-hybridized carbons (Fsp3) is 0.316. The summed E-state index contributed by atoms with van der Waals surface area (Å²) in [6, 6.07) is 8.34. The fourth-order valence-electron chi connectivity index (χ4n) is 2.91. The monoisotopic (exact) mass is 406 g/mol. The number of hydrogen-bond donors (Lipinski definition) is 3. The number of thiophene rings is 1. The van der Waals surface area contributed by atoms with Gasteiger partial charge in [0, 0.05) is 4.70 Å². The van der Waals surface area contributed by atoms with Crippen molar-refractivity contribution in [3.8, 4) is 0 Å². The maximum atomic E-state index is 12.8. The van der Waals surface area contributed by atoms with E-state index in [0.29, 0.717) is 5.70 Å². The number of aliphatic carboxylic acids is 1. The third kappa shape index (κ3) is 3.90. The van der Waals surface area contributed by atoms with Gasteiger partial charge >= 0.3 is 5.97 Å². The Labute approximate surface area is 164 Å². The Hall–Kier alpha value is -2.78. The Morgan fingerprint density at radius 1 is 1.36 bits per heavy atom. The number of hydrogen-bond acceptors (Lipinski definition) is 6. The molecule has 3 N–H and O–H groups in total. The minimum atomic E-state index is -1.45. The molecule has 7 nitrogen and oxygen atoms in total. The van der Waals surface area contributed by atoms with E-state index in [9.17, 15) is 18.8 Å². The molecule has 1 aromatic heterocycles. The van der Waals surface area contributed by atoms with Crippen molar-refractivity contribution < 1.29 is 28.7 Å². The van der Waals surface area contributed by atoms with Gasteiger partial charge in [-0.1, -0.05) is 25.1 Å². The minimum Gasteiger partial charge on any atom is -0.481 e. The molecule has 0 bridgehead atoms. The lowest BCUT2D eigenvalue weighted by molar-refractivity contribution is -0.147. The van der Waals surface area contributed by atoms with Crippen molar-refractivity contribution in [1.29, 1.82) is 0 Å². The number of alkyl halides is 1. The second kappa shape index (κ2) is 8.07. The fourth-order valence-corrected chi connectivity index (χ4v) is 3.94. The molecule has 2 atom stereocenters. The van der Waals surface area contributed by atoms with Gasteiger partial charge in [0.05, 0.1) is 17.0 Å².